The lowest BCUT2D eigenvalue weighted by atomic mass is 10.0. The van der Waals surface area contributed by atoms with Gasteiger partial charge in [0.1, 0.15) is 5.60 Å². The fourth-order valence-corrected chi connectivity index (χ4v) is 2.58. The minimum absolute atomic E-state index is 0.108. The summed E-state index contributed by atoms with van der Waals surface area (Å²) in [5, 5.41) is 0. The van der Waals surface area contributed by atoms with Crippen LogP contribution in [0.25, 0.3) is 0 Å². The number of hydrogen-bond acceptors (Lipinski definition) is 3. The molecule has 1 amide bonds. The number of benzene rings is 1. The summed E-state index contributed by atoms with van der Waals surface area (Å²) in [5.41, 5.74) is 7.48. The van der Waals surface area contributed by atoms with E-state index in [1.165, 1.54) is 0 Å². The van der Waals surface area contributed by atoms with Gasteiger partial charge in [0.25, 0.3) is 0 Å². The van der Waals surface area contributed by atoms with Crippen LogP contribution in [-0.2, 0) is 11.3 Å². The number of nitrogens with two attached hydrogens (primary N) is 1. The number of hydrogen-bond donors (Lipinski definition) is 1. The van der Waals surface area contributed by atoms with Gasteiger partial charge in [-0.25, -0.2) is 4.79 Å². The summed E-state index contributed by atoms with van der Waals surface area (Å²) in [6.07, 6.45) is 1.77. The maximum Gasteiger partial charge on any atom is 0.410 e. The lowest BCUT2D eigenvalue weighted by Crippen LogP contribution is -2.36. The van der Waals surface area contributed by atoms with Crippen molar-refractivity contribution in [1.29, 1.82) is 0 Å². The molecule has 0 saturated carbocycles. The van der Waals surface area contributed by atoms with Crippen LogP contribution in [-0.4, -0.2) is 23.1 Å². The Balaban J connectivity index is 2.16. The van der Waals surface area contributed by atoms with Crippen molar-refractivity contribution < 1.29 is 9.53 Å². The smallest absolute Gasteiger partial charge is 0.410 e. The highest BCUT2D eigenvalue weighted by Crippen LogP contribution is 2.33. The zero-order valence-corrected chi connectivity index (χ0v) is 12.6. The molecular formula is C16H24N2O2. The molecule has 0 aromatic heterocycles. The first kappa shape index (κ1) is 14.9. The zero-order valence-electron chi connectivity index (χ0n) is 12.6. The van der Waals surface area contributed by atoms with Crippen LogP contribution in [0.2, 0.25) is 0 Å². The van der Waals surface area contributed by atoms with E-state index in [-0.39, 0.29) is 12.1 Å². The van der Waals surface area contributed by atoms with Crippen molar-refractivity contribution in [3.05, 3.63) is 35.4 Å². The van der Waals surface area contributed by atoms with E-state index in [2.05, 4.69) is 12.1 Å². The highest BCUT2D eigenvalue weighted by molar-refractivity contribution is 5.69. The SMILES string of the molecule is CC(C)(C)OC(=O)N1CCCC1c1cccc(CN)c1. The number of rotatable bonds is 2. The van der Waals surface area contributed by atoms with Crippen molar-refractivity contribution in [3.63, 3.8) is 0 Å². The Hall–Kier alpha value is -1.55. The van der Waals surface area contributed by atoms with Gasteiger partial charge in [-0.3, -0.25) is 0 Å². The van der Waals surface area contributed by atoms with E-state index >= 15 is 0 Å². The van der Waals surface area contributed by atoms with E-state index in [0.29, 0.717) is 6.54 Å². The summed E-state index contributed by atoms with van der Waals surface area (Å²) < 4.78 is 5.49. The van der Waals surface area contributed by atoms with Crippen molar-refractivity contribution in [2.75, 3.05) is 6.54 Å². The van der Waals surface area contributed by atoms with Gasteiger partial charge in [-0.05, 0) is 44.7 Å². The number of carbonyl (C=O) groups is 1. The molecular weight excluding hydrogens is 252 g/mol. The topological polar surface area (TPSA) is 55.6 Å². The summed E-state index contributed by atoms with van der Waals surface area (Å²) in [7, 11) is 0. The quantitative estimate of drug-likeness (QED) is 0.902. The molecule has 1 aromatic rings. The Labute approximate surface area is 120 Å². The molecule has 1 aliphatic heterocycles. The number of ether oxygens (including phenoxy) is 1. The number of likely N-dealkylation sites (tertiary alicyclic amines) is 1. The Morgan fingerprint density at radius 3 is 2.85 bits per heavy atom. The van der Waals surface area contributed by atoms with Gasteiger partial charge in [0.05, 0.1) is 6.04 Å². The largest absolute Gasteiger partial charge is 0.444 e. The predicted octanol–water partition coefficient (Wildman–Crippen LogP) is 3.22. The molecule has 0 spiro atoms. The first-order valence-corrected chi connectivity index (χ1v) is 7.19. The number of amides is 1. The Kier molecular flexibility index (Phi) is 4.33. The van der Waals surface area contributed by atoms with E-state index in [1.54, 1.807) is 0 Å². The van der Waals surface area contributed by atoms with Gasteiger partial charge in [-0.2, -0.15) is 0 Å². The van der Waals surface area contributed by atoms with Gasteiger partial charge in [-0.15, -0.1) is 0 Å². The molecule has 1 unspecified atom stereocenters. The standard InChI is InChI=1S/C16H24N2O2/c1-16(2,3)20-15(19)18-9-5-8-14(18)13-7-4-6-12(10-13)11-17/h4,6-7,10,14H,5,8-9,11,17H2,1-3H3. The fourth-order valence-electron chi connectivity index (χ4n) is 2.58. The average molecular weight is 276 g/mol. The van der Waals surface area contributed by atoms with Gasteiger partial charge in [0, 0.05) is 13.1 Å². The number of nitrogens with zero attached hydrogens (tertiary/aromatic N) is 1. The second-order valence-electron chi connectivity index (χ2n) is 6.28. The summed E-state index contributed by atoms with van der Waals surface area (Å²) in [6, 6.07) is 8.27. The second kappa shape index (κ2) is 5.83. The summed E-state index contributed by atoms with van der Waals surface area (Å²) >= 11 is 0. The monoisotopic (exact) mass is 276 g/mol. The van der Waals surface area contributed by atoms with Crippen LogP contribution in [0.3, 0.4) is 0 Å². The molecule has 1 aliphatic rings. The molecule has 20 heavy (non-hydrogen) atoms. The normalized spacial score (nSPS) is 19.2. The molecule has 1 aromatic carbocycles. The molecule has 4 heteroatoms. The average Bonchev–Trinajstić information content (AvgIpc) is 2.86. The van der Waals surface area contributed by atoms with Crippen molar-refractivity contribution in [2.45, 2.75) is 51.8 Å². The van der Waals surface area contributed by atoms with E-state index < -0.39 is 5.60 Å². The van der Waals surface area contributed by atoms with Crippen LogP contribution in [0.1, 0.15) is 50.8 Å². The molecule has 1 saturated heterocycles. The third-order valence-electron chi connectivity index (χ3n) is 3.45. The first-order chi connectivity index (χ1) is 9.40. The molecule has 2 N–H and O–H groups in total. The predicted molar refractivity (Wildman–Crippen MR) is 79.2 cm³/mol. The van der Waals surface area contributed by atoms with Crippen molar-refractivity contribution >= 4 is 6.09 Å². The van der Waals surface area contributed by atoms with Crippen molar-refractivity contribution in [2.24, 2.45) is 5.73 Å². The molecule has 0 bridgehead atoms. The van der Waals surface area contributed by atoms with E-state index in [1.807, 2.05) is 37.8 Å². The highest BCUT2D eigenvalue weighted by Gasteiger charge is 2.33. The Bertz CT molecular complexity index is 480. The van der Waals surface area contributed by atoms with Gasteiger partial charge in [0.2, 0.25) is 0 Å². The van der Waals surface area contributed by atoms with Crippen LogP contribution < -0.4 is 5.73 Å². The van der Waals surface area contributed by atoms with Crippen LogP contribution in [0, 0.1) is 0 Å². The molecule has 1 fully saturated rings. The molecule has 2 rings (SSSR count). The molecule has 1 atom stereocenters. The fraction of sp³-hybridized carbons (Fsp3) is 0.562. The summed E-state index contributed by atoms with van der Waals surface area (Å²) in [6.45, 7) is 6.96. The molecule has 0 radical (unpaired) electrons. The van der Waals surface area contributed by atoms with Crippen LogP contribution in [0.4, 0.5) is 4.79 Å². The maximum absolute atomic E-state index is 12.3. The lowest BCUT2D eigenvalue weighted by Gasteiger charge is -2.29. The van der Waals surface area contributed by atoms with Crippen LogP contribution >= 0.6 is 0 Å². The van der Waals surface area contributed by atoms with Crippen molar-refractivity contribution in [3.8, 4) is 0 Å². The third kappa shape index (κ3) is 3.51. The van der Waals surface area contributed by atoms with Gasteiger partial charge < -0.3 is 15.4 Å². The van der Waals surface area contributed by atoms with Gasteiger partial charge >= 0.3 is 6.09 Å². The maximum atomic E-state index is 12.3. The minimum atomic E-state index is -0.455. The summed E-state index contributed by atoms with van der Waals surface area (Å²) in [5.74, 6) is 0. The number of carbonyl (C=O) groups excluding carboxylic acids is 1. The van der Waals surface area contributed by atoms with E-state index in [0.717, 1.165) is 30.5 Å². The summed E-state index contributed by atoms with van der Waals surface area (Å²) in [4.78, 5) is 14.1. The lowest BCUT2D eigenvalue weighted by molar-refractivity contribution is 0.0224. The first-order valence-electron chi connectivity index (χ1n) is 7.19. The van der Waals surface area contributed by atoms with Crippen LogP contribution in [0.5, 0.6) is 0 Å². The molecule has 110 valence electrons. The highest BCUT2D eigenvalue weighted by atomic mass is 16.6. The van der Waals surface area contributed by atoms with E-state index in [4.69, 9.17) is 10.5 Å². The van der Waals surface area contributed by atoms with E-state index in [9.17, 15) is 4.79 Å². The Morgan fingerprint density at radius 2 is 2.20 bits per heavy atom. The zero-order chi connectivity index (χ0) is 14.8. The second-order valence-corrected chi connectivity index (χ2v) is 6.28. The van der Waals surface area contributed by atoms with Crippen LogP contribution in [0.15, 0.2) is 24.3 Å². The minimum Gasteiger partial charge on any atom is -0.444 e. The third-order valence-corrected chi connectivity index (χ3v) is 3.45. The molecule has 0 aliphatic carbocycles. The molecule has 4 nitrogen and oxygen atoms in total. The Morgan fingerprint density at radius 1 is 1.45 bits per heavy atom. The van der Waals surface area contributed by atoms with Crippen molar-refractivity contribution in [1.82, 2.24) is 4.90 Å². The molecule has 1 heterocycles. The van der Waals surface area contributed by atoms with Gasteiger partial charge in [0.15, 0.2) is 0 Å². The van der Waals surface area contributed by atoms with Gasteiger partial charge in [-0.1, -0.05) is 24.3 Å².